The SMILES string of the molecule is CC(CBr)N(C)C(=O)C1CCCCCC1. The molecule has 1 aliphatic carbocycles. The van der Waals surface area contributed by atoms with Crippen LogP contribution in [0.15, 0.2) is 0 Å². The summed E-state index contributed by atoms with van der Waals surface area (Å²) < 4.78 is 0. The van der Waals surface area contributed by atoms with Crippen molar-refractivity contribution in [3.05, 3.63) is 0 Å². The Balaban J connectivity index is 2.49. The highest BCUT2D eigenvalue weighted by Gasteiger charge is 2.25. The third kappa shape index (κ3) is 3.78. The Labute approximate surface area is 102 Å². The van der Waals surface area contributed by atoms with Crippen LogP contribution in [0.2, 0.25) is 0 Å². The Morgan fingerprint density at radius 1 is 1.33 bits per heavy atom. The third-order valence-corrected chi connectivity index (χ3v) is 4.37. The molecule has 1 saturated carbocycles. The summed E-state index contributed by atoms with van der Waals surface area (Å²) >= 11 is 3.43. The fraction of sp³-hybridized carbons (Fsp3) is 0.917. The molecule has 0 heterocycles. The second-order valence-electron chi connectivity index (χ2n) is 4.64. The van der Waals surface area contributed by atoms with Crippen molar-refractivity contribution < 1.29 is 4.79 Å². The number of nitrogens with zero attached hydrogens (tertiary/aromatic N) is 1. The molecule has 1 atom stereocenters. The minimum Gasteiger partial charge on any atom is -0.342 e. The molecule has 0 saturated heterocycles. The van der Waals surface area contributed by atoms with E-state index in [0.717, 1.165) is 18.2 Å². The zero-order valence-corrected chi connectivity index (χ0v) is 11.4. The van der Waals surface area contributed by atoms with E-state index in [1.54, 1.807) is 0 Å². The molecule has 0 aromatic heterocycles. The van der Waals surface area contributed by atoms with Crippen LogP contribution in [-0.2, 0) is 4.79 Å². The van der Waals surface area contributed by atoms with E-state index < -0.39 is 0 Å². The molecule has 1 fully saturated rings. The van der Waals surface area contributed by atoms with Gasteiger partial charge in [-0.05, 0) is 19.8 Å². The van der Waals surface area contributed by atoms with Crippen LogP contribution in [0, 0.1) is 5.92 Å². The van der Waals surface area contributed by atoms with Gasteiger partial charge in [-0.2, -0.15) is 0 Å². The number of alkyl halides is 1. The van der Waals surface area contributed by atoms with Crippen LogP contribution >= 0.6 is 15.9 Å². The van der Waals surface area contributed by atoms with Gasteiger partial charge in [0.05, 0.1) is 0 Å². The summed E-state index contributed by atoms with van der Waals surface area (Å²) in [5, 5.41) is 0.863. The highest BCUT2D eigenvalue weighted by molar-refractivity contribution is 9.09. The lowest BCUT2D eigenvalue weighted by Crippen LogP contribution is -2.39. The Morgan fingerprint density at radius 2 is 1.87 bits per heavy atom. The van der Waals surface area contributed by atoms with E-state index >= 15 is 0 Å². The van der Waals surface area contributed by atoms with Crippen molar-refractivity contribution >= 4 is 21.8 Å². The highest BCUT2D eigenvalue weighted by atomic mass is 79.9. The summed E-state index contributed by atoms with van der Waals surface area (Å²) in [6.07, 6.45) is 7.26. The highest BCUT2D eigenvalue weighted by Crippen LogP contribution is 2.24. The molecule has 2 nitrogen and oxygen atoms in total. The largest absolute Gasteiger partial charge is 0.342 e. The minimum absolute atomic E-state index is 0.291. The third-order valence-electron chi connectivity index (χ3n) is 3.44. The number of hydrogen-bond acceptors (Lipinski definition) is 1. The summed E-state index contributed by atoms with van der Waals surface area (Å²) in [6.45, 7) is 2.09. The van der Waals surface area contributed by atoms with Crippen molar-refractivity contribution in [3.8, 4) is 0 Å². The number of halogens is 1. The Hall–Kier alpha value is -0.0500. The molecule has 1 amide bonds. The Morgan fingerprint density at radius 3 is 2.33 bits per heavy atom. The molecule has 15 heavy (non-hydrogen) atoms. The summed E-state index contributed by atoms with van der Waals surface area (Å²) in [6, 6.07) is 0.306. The van der Waals surface area contributed by atoms with Gasteiger partial charge in [-0.1, -0.05) is 41.6 Å². The van der Waals surface area contributed by atoms with Gasteiger partial charge in [-0.3, -0.25) is 4.79 Å². The number of rotatable bonds is 3. The van der Waals surface area contributed by atoms with Crippen molar-refractivity contribution in [1.82, 2.24) is 4.90 Å². The Kier molecular flexibility index (Phi) is 5.65. The van der Waals surface area contributed by atoms with Gasteiger partial charge in [0, 0.05) is 24.3 Å². The van der Waals surface area contributed by atoms with Crippen LogP contribution in [-0.4, -0.2) is 29.2 Å². The van der Waals surface area contributed by atoms with E-state index in [2.05, 4.69) is 22.9 Å². The van der Waals surface area contributed by atoms with E-state index in [0.29, 0.717) is 17.9 Å². The summed E-state index contributed by atoms with van der Waals surface area (Å²) in [5.41, 5.74) is 0. The number of amides is 1. The normalized spacial score (nSPS) is 20.7. The minimum atomic E-state index is 0.291. The van der Waals surface area contributed by atoms with Crippen LogP contribution in [0.4, 0.5) is 0 Å². The fourth-order valence-corrected chi connectivity index (χ4v) is 2.57. The quantitative estimate of drug-likeness (QED) is 0.572. The molecular formula is C12H22BrNO. The molecule has 1 rings (SSSR count). The maximum atomic E-state index is 12.2. The first kappa shape index (κ1) is 13.0. The van der Waals surface area contributed by atoms with Gasteiger partial charge in [-0.25, -0.2) is 0 Å². The average molecular weight is 276 g/mol. The lowest BCUT2D eigenvalue weighted by Gasteiger charge is -2.27. The molecule has 1 unspecified atom stereocenters. The lowest BCUT2D eigenvalue weighted by atomic mass is 9.98. The standard InChI is InChI=1S/C12H22BrNO/c1-10(9-13)14(2)12(15)11-7-5-3-4-6-8-11/h10-11H,3-9H2,1-2H3. The molecular weight excluding hydrogens is 254 g/mol. The van der Waals surface area contributed by atoms with Gasteiger partial charge in [0.1, 0.15) is 0 Å². The average Bonchev–Trinajstić information content (AvgIpc) is 2.54. The first-order valence-corrected chi connectivity index (χ1v) is 7.11. The van der Waals surface area contributed by atoms with Crippen molar-refractivity contribution in [2.24, 2.45) is 5.92 Å². The first-order chi connectivity index (χ1) is 7.16. The Bertz CT molecular complexity index is 200. The molecule has 0 aliphatic heterocycles. The smallest absolute Gasteiger partial charge is 0.225 e. The fourth-order valence-electron chi connectivity index (χ4n) is 2.14. The second kappa shape index (κ2) is 6.51. The van der Waals surface area contributed by atoms with Crippen LogP contribution in [0.1, 0.15) is 45.4 Å². The molecule has 0 aromatic rings. The van der Waals surface area contributed by atoms with E-state index in [1.165, 1.54) is 25.7 Å². The van der Waals surface area contributed by atoms with E-state index in [1.807, 2.05) is 11.9 Å². The van der Waals surface area contributed by atoms with Crippen molar-refractivity contribution in [3.63, 3.8) is 0 Å². The number of hydrogen-bond donors (Lipinski definition) is 0. The summed E-state index contributed by atoms with van der Waals surface area (Å²) in [5.74, 6) is 0.642. The van der Waals surface area contributed by atoms with Crippen LogP contribution in [0.5, 0.6) is 0 Å². The van der Waals surface area contributed by atoms with E-state index in [9.17, 15) is 4.79 Å². The van der Waals surface area contributed by atoms with Gasteiger partial charge in [0.25, 0.3) is 0 Å². The molecule has 3 heteroatoms. The van der Waals surface area contributed by atoms with Gasteiger partial charge in [-0.15, -0.1) is 0 Å². The number of carbonyl (C=O) groups excluding carboxylic acids is 1. The summed E-state index contributed by atoms with van der Waals surface area (Å²) in [7, 11) is 1.93. The van der Waals surface area contributed by atoms with E-state index in [-0.39, 0.29) is 0 Å². The maximum absolute atomic E-state index is 12.2. The van der Waals surface area contributed by atoms with Crippen LogP contribution in [0.3, 0.4) is 0 Å². The van der Waals surface area contributed by atoms with Crippen molar-refractivity contribution in [2.75, 3.05) is 12.4 Å². The zero-order valence-electron chi connectivity index (χ0n) is 9.84. The second-order valence-corrected chi connectivity index (χ2v) is 5.29. The van der Waals surface area contributed by atoms with Gasteiger partial charge in [0.15, 0.2) is 0 Å². The molecule has 0 bridgehead atoms. The lowest BCUT2D eigenvalue weighted by molar-refractivity contribution is -0.136. The predicted molar refractivity (Wildman–Crippen MR) is 67.2 cm³/mol. The molecule has 0 N–H and O–H groups in total. The van der Waals surface area contributed by atoms with Gasteiger partial charge < -0.3 is 4.90 Å². The number of carbonyl (C=O) groups is 1. The van der Waals surface area contributed by atoms with Crippen molar-refractivity contribution in [2.45, 2.75) is 51.5 Å². The van der Waals surface area contributed by atoms with Crippen LogP contribution < -0.4 is 0 Å². The van der Waals surface area contributed by atoms with Crippen molar-refractivity contribution in [1.29, 1.82) is 0 Å². The summed E-state index contributed by atoms with van der Waals surface area (Å²) in [4.78, 5) is 14.1. The molecule has 1 aliphatic rings. The monoisotopic (exact) mass is 275 g/mol. The molecule has 0 spiro atoms. The molecule has 88 valence electrons. The topological polar surface area (TPSA) is 20.3 Å². The zero-order chi connectivity index (χ0) is 11.3. The predicted octanol–water partition coefficient (Wildman–Crippen LogP) is 3.20. The maximum Gasteiger partial charge on any atom is 0.225 e. The van der Waals surface area contributed by atoms with Gasteiger partial charge >= 0.3 is 0 Å². The van der Waals surface area contributed by atoms with Crippen LogP contribution in [0.25, 0.3) is 0 Å². The first-order valence-electron chi connectivity index (χ1n) is 5.99. The van der Waals surface area contributed by atoms with E-state index in [4.69, 9.17) is 0 Å². The van der Waals surface area contributed by atoms with Gasteiger partial charge in [0.2, 0.25) is 5.91 Å². The molecule has 0 aromatic carbocycles. The molecule has 0 radical (unpaired) electrons.